The van der Waals surface area contributed by atoms with Gasteiger partial charge in [0.25, 0.3) is 0 Å². The number of fused-ring (bicyclic) bond motifs is 1. The Morgan fingerprint density at radius 1 is 1.09 bits per heavy atom. The van der Waals surface area contributed by atoms with Crippen LogP contribution in [0.4, 0.5) is 4.39 Å². The Labute approximate surface area is 212 Å². The number of hydrogen-bond donors (Lipinski definition) is 1. The van der Waals surface area contributed by atoms with Gasteiger partial charge in [0.05, 0.1) is 17.0 Å². The third kappa shape index (κ3) is 4.35. The highest BCUT2D eigenvalue weighted by Crippen LogP contribution is 2.45. The van der Waals surface area contributed by atoms with Crippen molar-refractivity contribution in [1.82, 2.24) is 14.9 Å². The Morgan fingerprint density at radius 2 is 1.86 bits per heavy atom. The number of benzene rings is 2. The molecule has 1 aliphatic heterocycles. The van der Waals surface area contributed by atoms with Gasteiger partial charge in [-0.05, 0) is 41.8 Å². The summed E-state index contributed by atoms with van der Waals surface area (Å²) < 4.78 is 15.0. The fourth-order valence-electron chi connectivity index (χ4n) is 4.55. The van der Waals surface area contributed by atoms with Crippen LogP contribution in [0.2, 0.25) is 0 Å². The van der Waals surface area contributed by atoms with Gasteiger partial charge in [0, 0.05) is 25.2 Å². The van der Waals surface area contributed by atoms with E-state index in [4.69, 9.17) is 10.1 Å². The average molecular weight is 508 g/mol. The standard InChI is InChI=1S/C27H22FN3O2S.ClH/c28-21-14-17(10-13-31-15-18(16-31)26(32)33)6-7-20(21)24-29-22-8-9-23(30-25(22)34-24)27(11-12-27)19-4-2-1-3-5-19;/h1-9,11-12,14,18H,10,13,15-16H2,(H,32,33);1H. The third-order valence-electron chi connectivity index (χ3n) is 6.72. The second-order valence-corrected chi connectivity index (χ2v) is 9.94. The van der Waals surface area contributed by atoms with Crippen molar-refractivity contribution in [3.05, 3.63) is 95.5 Å². The molecule has 35 heavy (non-hydrogen) atoms. The van der Waals surface area contributed by atoms with Gasteiger partial charge in [-0.3, -0.25) is 4.79 Å². The van der Waals surface area contributed by atoms with Crippen LogP contribution in [0.15, 0.2) is 72.8 Å². The van der Waals surface area contributed by atoms with E-state index in [0.717, 1.165) is 28.1 Å². The van der Waals surface area contributed by atoms with Gasteiger partial charge in [0.2, 0.25) is 0 Å². The Bertz CT molecular complexity index is 1430. The molecule has 178 valence electrons. The van der Waals surface area contributed by atoms with Gasteiger partial charge in [0.1, 0.15) is 21.2 Å². The summed E-state index contributed by atoms with van der Waals surface area (Å²) in [6.07, 6.45) is 4.99. The highest BCUT2D eigenvalue weighted by molar-refractivity contribution is 7.21. The van der Waals surface area contributed by atoms with Crippen molar-refractivity contribution in [3.63, 3.8) is 0 Å². The van der Waals surface area contributed by atoms with Crippen molar-refractivity contribution in [2.75, 3.05) is 19.6 Å². The van der Waals surface area contributed by atoms with Crippen LogP contribution in [0.1, 0.15) is 16.8 Å². The second-order valence-electron chi connectivity index (χ2n) is 8.97. The van der Waals surface area contributed by atoms with Crippen molar-refractivity contribution in [2.24, 2.45) is 5.92 Å². The molecule has 4 aromatic rings. The van der Waals surface area contributed by atoms with E-state index in [1.165, 1.54) is 16.9 Å². The molecule has 1 N–H and O–H groups in total. The molecule has 2 aromatic heterocycles. The first kappa shape index (κ1) is 23.6. The number of hydrogen-bond acceptors (Lipinski definition) is 5. The molecule has 2 aliphatic rings. The molecule has 6 rings (SSSR count). The third-order valence-corrected chi connectivity index (χ3v) is 7.72. The summed E-state index contributed by atoms with van der Waals surface area (Å²) in [5.41, 5.74) is 4.02. The normalized spacial score (nSPS) is 16.6. The maximum atomic E-state index is 15.0. The number of allylic oxidation sites excluding steroid dienone is 2. The van der Waals surface area contributed by atoms with E-state index in [9.17, 15) is 9.18 Å². The SMILES string of the molecule is Cl.O=C(O)C1CN(CCc2ccc(-c3nc4ccc(C5(c6ccccc6)C=C5)nc4s3)c(F)c2)C1. The molecule has 0 saturated carbocycles. The van der Waals surface area contributed by atoms with E-state index < -0.39 is 5.97 Å². The number of aromatic nitrogens is 2. The van der Waals surface area contributed by atoms with E-state index >= 15 is 0 Å². The van der Waals surface area contributed by atoms with Crippen LogP contribution < -0.4 is 0 Å². The number of pyridine rings is 1. The molecule has 1 saturated heterocycles. The summed E-state index contributed by atoms with van der Waals surface area (Å²) in [6, 6.07) is 19.5. The van der Waals surface area contributed by atoms with Crippen LogP contribution in [0.3, 0.4) is 0 Å². The van der Waals surface area contributed by atoms with Crippen molar-refractivity contribution >= 4 is 40.1 Å². The number of halogens is 2. The minimum absolute atomic E-state index is 0. The van der Waals surface area contributed by atoms with Crippen LogP contribution in [0, 0.1) is 11.7 Å². The molecule has 0 spiro atoms. The number of nitrogens with zero attached hydrogens (tertiary/aromatic N) is 3. The van der Waals surface area contributed by atoms with Crippen molar-refractivity contribution in [1.29, 1.82) is 0 Å². The molecule has 0 radical (unpaired) electrons. The summed E-state index contributed by atoms with van der Waals surface area (Å²) >= 11 is 1.40. The quantitative estimate of drug-likeness (QED) is 0.342. The summed E-state index contributed by atoms with van der Waals surface area (Å²) in [7, 11) is 0. The Balaban J connectivity index is 0.00000253. The predicted octanol–water partition coefficient (Wildman–Crippen LogP) is 5.33. The minimum atomic E-state index is -0.743. The fraction of sp³-hybridized carbons (Fsp3) is 0.222. The maximum absolute atomic E-state index is 15.0. The fourth-order valence-corrected chi connectivity index (χ4v) is 5.52. The number of carboxylic acid groups (broad SMARTS) is 1. The lowest BCUT2D eigenvalue weighted by molar-refractivity contribution is -0.147. The summed E-state index contributed by atoms with van der Waals surface area (Å²) in [5, 5.41) is 9.60. The molecule has 5 nitrogen and oxygen atoms in total. The monoisotopic (exact) mass is 507 g/mol. The van der Waals surface area contributed by atoms with Crippen molar-refractivity contribution in [3.8, 4) is 10.6 Å². The number of carbonyl (C=O) groups is 1. The molecule has 0 amide bonds. The zero-order chi connectivity index (χ0) is 23.3. The first-order valence-electron chi connectivity index (χ1n) is 11.3. The average Bonchev–Trinajstić information content (AvgIpc) is 3.51. The van der Waals surface area contributed by atoms with Gasteiger partial charge in [-0.2, -0.15) is 0 Å². The molecule has 1 fully saturated rings. The van der Waals surface area contributed by atoms with Crippen LogP contribution >= 0.6 is 23.7 Å². The van der Waals surface area contributed by atoms with Gasteiger partial charge in [-0.15, -0.1) is 12.4 Å². The van der Waals surface area contributed by atoms with Crippen LogP contribution in [-0.4, -0.2) is 45.6 Å². The smallest absolute Gasteiger partial charge is 0.309 e. The first-order chi connectivity index (χ1) is 16.5. The van der Waals surface area contributed by atoms with E-state index in [1.807, 2.05) is 36.4 Å². The zero-order valence-corrected chi connectivity index (χ0v) is 20.4. The number of likely N-dealkylation sites (tertiary alicyclic amines) is 1. The molecule has 0 bridgehead atoms. The van der Waals surface area contributed by atoms with Crippen molar-refractivity contribution in [2.45, 2.75) is 11.8 Å². The second kappa shape index (κ2) is 9.15. The zero-order valence-electron chi connectivity index (χ0n) is 18.7. The molecule has 1 aliphatic carbocycles. The van der Waals surface area contributed by atoms with Gasteiger partial charge in [-0.1, -0.05) is 59.9 Å². The molecular weight excluding hydrogens is 485 g/mol. The molecule has 3 heterocycles. The molecule has 2 aromatic carbocycles. The highest BCUT2D eigenvalue weighted by Gasteiger charge is 2.39. The van der Waals surface area contributed by atoms with Gasteiger partial charge < -0.3 is 10.0 Å². The Morgan fingerprint density at radius 3 is 2.54 bits per heavy atom. The first-order valence-corrected chi connectivity index (χ1v) is 12.1. The predicted molar refractivity (Wildman–Crippen MR) is 138 cm³/mol. The summed E-state index contributed by atoms with van der Waals surface area (Å²) in [6.45, 7) is 1.86. The number of thiazole rings is 1. The number of rotatable bonds is 7. The lowest BCUT2D eigenvalue weighted by atomic mass is 9.89. The summed E-state index contributed by atoms with van der Waals surface area (Å²) in [5.74, 6) is -1.31. The largest absolute Gasteiger partial charge is 0.481 e. The highest BCUT2D eigenvalue weighted by atomic mass is 35.5. The lowest BCUT2D eigenvalue weighted by Crippen LogP contribution is -2.50. The van der Waals surface area contributed by atoms with E-state index in [1.54, 1.807) is 12.1 Å². The van der Waals surface area contributed by atoms with Crippen LogP contribution in [0.5, 0.6) is 0 Å². The molecule has 0 unspecified atom stereocenters. The van der Waals surface area contributed by atoms with Gasteiger partial charge >= 0.3 is 5.97 Å². The molecular formula is C27H23ClFN3O2S. The van der Waals surface area contributed by atoms with Crippen LogP contribution in [-0.2, 0) is 16.6 Å². The topological polar surface area (TPSA) is 66.3 Å². The molecule has 0 atom stereocenters. The van der Waals surface area contributed by atoms with Crippen LogP contribution in [0.25, 0.3) is 20.9 Å². The minimum Gasteiger partial charge on any atom is -0.481 e. The van der Waals surface area contributed by atoms with Gasteiger partial charge in [-0.25, -0.2) is 14.4 Å². The van der Waals surface area contributed by atoms with Gasteiger partial charge in [0.15, 0.2) is 0 Å². The summed E-state index contributed by atoms with van der Waals surface area (Å²) in [4.78, 5) is 23.3. The Hall–Kier alpha value is -3.13. The number of carboxylic acids is 1. The van der Waals surface area contributed by atoms with E-state index in [0.29, 0.717) is 30.1 Å². The van der Waals surface area contributed by atoms with E-state index in [-0.39, 0.29) is 29.6 Å². The lowest BCUT2D eigenvalue weighted by Gasteiger charge is -2.36. The Kier molecular flexibility index (Phi) is 6.17. The van der Waals surface area contributed by atoms with Crippen molar-refractivity contribution < 1.29 is 14.3 Å². The van der Waals surface area contributed by atoms with E-state index in [2.05, 4.69) is 34.2 Å². The number of aliphatic carboxylic acids is 1. The molecule has 8 heteroatoms. The maximum Gasteiger partial charge on any atom is 0.309 e.